The molecule has 3 N–H and O–H groups in total. The highest BCUT2D eigenvalue weighted by Crippen LogP contribution is 2.37. The molecule has 0 radical (unpaired) electrons. The van der Waals surface area contributed by atoms with Gasteiger partial charge in [0.25, 0.3) is 0 Å². The molecule has 0 aliphatic carbocycles. The number of benzene rings is 1. The minimum absolute atomic E-state index is 0.201. The van der Waals surface area contributed by atoms with Crippen LogP contribution in [0.4, 0.5) is 0 Å². The summed E-state index contributed by atoms with van der Waals surface area (Å²) in [4.78, 5) is 9.81. The van der Waals surface area contributed by atoms with E-state index in [1.54, 1.807) is 13.0 Å². The first-order chi connectivity index (χ1) is 8.43. The fourth-order valence-corrected chi connectivity index (χ4v) is 1.18. The van der Waals surface area contributed by atoms with Gasteiger partial charge in [0.15, 0.2) is 11.5 Å². The van der Waals surface area contributed by atoms with Gasteiger partial charge in [0, 0.05) is 6.42 Å². The maximum absolute atomic E-state index is 9.81. The van der Waals surface area contributed by atoms with Gasteiger partial charge in [-0.15, -0.1) is 0 Å². The lowest BCUT2D eigenvalue weighted by atomic mass is 10.1. The number of ketones is 1. The largest absolute Gasteiger partial charge is 0.504 e. The lowest BCUT2D eigenvalue weighted by Crippen LogP contribution is -1.86. The summed E-state index contributed by atoms with van der Waals surface area (Å²) >= 11 is 0. The molecule has 0 heterocycles. The van der Waals surface area contributed by atoms with E-state index in [-0.39, 0.29) is 17.3 Å². The van der Waals surface area contributed by atoms with Crippen LogP contribution in [0.25, 0.3) is 0 Å². The number of unbranched alkanes of at least 4 members (excludes halogenated alkanes) is 1. The van der Waals surface area contributed by atoms with Crippen molar-refractivity contribution >= 4 is 5.78 Å². The Morgan fingerprint density at radius 1 is 1.11 bits per heavy atom. The van der Waals surface area contributed by atoms with Gasteiger partial charge in [0.1, 0.15) is 5.78 Å². The molecule has 0 amide bonds. The Morgan fingerprint density at radius 3 is 2.11 bits per heavy atom. The van der Waals surface area contributed by atoms with Gasteiger partial charge < -0.3 is 20.1 Å². The Labute approximate surface area is 108 Å². The first-order valence-electron chi connectivity index (χ1n) is 6.16. The summed E-state index contributed by atoms with van der Waals surface area (Å²) in [5, 5.41) is 27.6. The topological polar surface area (TPSA) is 77.8 Å². The third-order valence-electron chi connectivity index (χ3n) is 2.51. The lowest BCUT2D eigenvalue weighted by molar-refractivity contribution is -0.116. The first kappa shape index (κ1) is 16.3. The summed E-state index contributed by atoms with van der Waals surface area (Å²) in [6.45, 7) is 5.49. The predicted molar refractivity (Wildman–Crippen MR) is 71.0 cm³/mol. The van der Waals surface area contributed by atoms with Crippen LogP contribution in [0.2, 0.25) is 0 Å². The van der Waals surface area contributed by atoms with E-state index >= 15 is 0 Å². The minimum Gasteiger partial charge on any atom is -0.504 e. The van der Waals surface area contributed by atoms with Crippen LogP contribution in [0, 0.1) is 0 Å². The molecule has 0 aromatic heterocycles. The first-order valence-corrected chi connectivity index (χ1v) is 6.16. The third-order valence-corrected chi connectivity index (χ3v) is 2.51. The molecule has 4 nitrogen and oxygen atoms in total. The van der Waals surface area contributed by atoms with Crippen LogP contribution in [-0.4, -0.2) is 21.1 Å². The minimum atomic E-state index is -0.423. The second-order valence-corrected chi connectivity index (χ2v) is 4.10. The van der Waals surface area contributed by atoms with Crippen molar-refractivity contribution in [1.29, 1.82) is 0 Å². The molecule has 0 unspecified atom stereocenters. The highest BCUT2D eigenvalue weighted by molar-refractivity contribution is 5.74. The van der Waals surface area contributed by atoms with E-state index in [9.17, 15) is 15.0 Å². The molecule has 0 saturated heterocycles. The van der Waals surface area contributed by atoms with Gasteiger partial charge >= 0.3 is 0 Å². The van der Waals surface area contributed by atoms with E-state index in [0.717, 1.165) is 19.3 Å². The van der Waals surface area contributed by atoms with Crippen molar-refractivity contribution in [2.24, 2.45) is 0 Å². The van der Waals surface area contributed by atoms with Gasteiger partial charge in [-0.05, 0) is 31.4 Å². The maximum atomic E-state index is 9.81. The van der Waals surface area contributed by atoms with Crippen LogP contribution in [-0.2, 0) is 11.2 Å². The number of aromatic hydroxyl groups is 3. The fraction of sp³-hybridized carbons (Fsp3) is 0.500. The number of carbonyl (C=O) groups excluding carboxylic acids is 1. The van der Waals surface area contributed by atoms with Crippen molar-refractivity contribution in [1.82, 2.24) is 0 Å². The van der Waals surface area contributed by atoms with Crippen molar-refractivity contribution in [2.45, 2.75) is 46.5 Å². The highest BCUT2D eigenvalue weighted by Gasteiger charge is 2.09. The van der Waals surface area contributed by atoms with Gasteiger partial charge in [0.2, 0.25) is 5.75 Å². The Bertz CT molecular complexity index is 386. The van der Waals surface area contributed by atoms with Gasteiger partial charge in [-0.3, -0.25) is 0 Å². The van der Waals surface area contributed by atoms with Gasteiger partial charge in [-0.25, -0.2) is 0 Å². The Kier molecular flexibility index (Phi) is 7.59. The average molecular weight is 254 g/mol. The molecule has 0 atom stereocenters. The number of hydrogen-bond acceptors (Lipinski definition) is 4. The molecule has 1 aromatic carbocycles. The number of phenols is 3. The van der Waals surface area contributed by atoms with Crippen LogP contribution in [0.15, 0.2) is 12.1 Å². The molecule has 0 aliphatic rings. The monoisotopic (exact) mass is 254 g/mol. The average Bonchev–Trinajstić information content (AvgIpc) is 2.36. The highest BCUT2D eigenvalue weighted by atomic mass is 16.3. The lowest BCUT2D eigenvalue weighted by Gasteiger charge is -2.06. The van der Waals surface area contributed by atoms with Gasteiger partial charge in [-0.2, -0.15) is 0 Å². The van der Waals surface area contributed by atoms with Crippen molar-refractivity contribution in [3.8, 4) is 17.2 Å². The van der Waals surface area contributed by atoms with Crippen LogP contribution in [0.1, 0.15) is 45.6 Å². The van der Waals surface area contributed by atoms with Crippen LogP contribution < -0.4 is 0 Å². The van der Waals surface area contributed by atoms with Crippen molar-refractivity contribution in [3.63, 3.8) is 0 Å². The van der Waals surface area contributed by atoms with E-state index in [4.69, 9.17) is 5.11 Å². The van der Waals surface area contributed by atoms with Crippen molar-refractivity contribution < 1.29 is 20.1 Å². The number of hydrogen-bond donors (Lipinski definition) is 3. The molecule has 0 spiro atoms. The van der Waals surface area contributed by atoms with E-state index in [0.29, 0.717) is 12.0 Å². The zero-order chi connectivity index (χ0) is 14.1. The van der Waals surface area contributed by atoms with E-state index in [1.807, 2.05) is 6.92 Å². The second kappa shape index (κ2) is 8.39. The van der Waals surface area contributed by atoms with Crippen molar-refractivity contribution in [2.75, 3.05) is 0 Å². The van der Waals surface area contributed by atoms with Gasteiger partial charge in [-0.1, -0.05) is 26.3 Å². The molecule has 1 aromatic rings. The quantitative estimate of drug-likeness (QED) is 0.721. The fourth-order valence-electron chi connectivity index (χ4n) is 1.18. The molecular weight excluding hydrogens is 232 g/mol. The number of carbonyl (C=O) groups is 1. The number of phenolic OH excluding ortho intramolecular Hbond substituents is 3. The Balaban J connectivity index is 0.000000494. The summed E-state index contributed by atoms with van der Waals surface area (Å²) < 4.78 is 0. The standard InChI is InChI=1S/C10H14O3.C4H8O/c1-2-3-4-7-5-6-8(11)10(13)9(7)12;1-3-4(2)5/h5-6,11-13H,2-4H2,1H3;3H2,1-2H3. The van der Waals surface area contributed by atoms with Crippen molar-refractivity contribution in [3.05, 3.63) is 17.7 Å². The molecule has 0 saturated carbocycles. The van der Waals surface area contributed by atoms with Crippen LogP contribution in [0.3, 0.4) is 0 Å². The maximum Gasteiger partial charge on any atom is 0.200 e. The zero-order valence-corrected chi connectivity index (χ0v) is 11.2. The zero-order valence-electron chi connectivity index (χ0n) is 11.2. The summed E-state index contributed by atoms with van der Waals surface area (Å²) in [6.07, 6.45) is 3.37. The summed E-state index contributed by atoms with van der Waals surface area (Å²) in [6, 6.07) is 3.01. The third kappa shape index (κ3) is 5.57. The van der Waals surface area contributed by atoms with E-state index in [1.165, 1.54) is 6.07 Å². The number of Topliss-reactive ketones (excluding diaryl/α,β-unsaturated/α-hetero) is 1. The molecule has 18 heavy (non-hydrogen) atoms. The molecule has 0 fully saturated rings. The van der Waals surface area contributed by atoms with Crippen LogP contribution in [0.5, 0.6) is 17.2 Å². The Hall–Kier alpha value is -1.71. The van der Waals surface area contributed by atoms with E-state index in [2.05, 4.69) is 6.92 Å². The van der Waals surface area contributed by atoms with E-state index < -0.39 is 5.75 Å². The molecule has 0 bridgehead atoms. The number of rotatable bonds is 4. The summed E-state index contributed by atoms with van der Waals surface area (Å²) in [5.74, 6) is -0.648. The van der Waals surface area contributed by atoms with Crippen LogP contribution >= 0.6 is 0 Å². The summed E-state index contributed by atoms with van der Waals surface area (Å²) in [7, 11) is 0. The smallest absolute Gasteiger partial charge is 0.200 e. The number of aryl methyl sites for hydroxylation is 1. The SMILES string of the molecule is CCC(C)=O.CCCCc1ccc(O)c(O)c1O. The van der Waals surface area contributed by atoms with Gasteiger partial charge in [0.05, 0.1) is 0 Å². The summed E-state index contributed by atoms with van der Waals surface area (Å²) in [5.41, 5.74) is 0.678. The Morgan fingerprint density at radius 2 is 1.67 bits per heavy atom. The molecule has 1 rings (SSSR count). The second-order valence-electron chi connectivity index (χ2n) is 4.10. The molecule has 0 aliphatic heterocycles. The molecule has 4 heteroatoms. The predicted octanol–water partition coefficient (Wildman–Crippen LogP) is 3.13. The molecular formula is C14H22O4. The molecule has 102 valence electrons. The normalized spacial score (nSPS) is 9.50.